The Morgan fingerprint density at radius 1 is 1.16 bits per heavy atom. The van der Waals surface area contributed by atoms with Crippen molar-refractivity contribution in [3.63, 3.8) is 0 Å². The standard InChI is InChI=1S/C18H27N5O2/c1-21-8-10-22(11-9-21)16-12-18(25-14-16)3-6-23(7-4-18)17(24)15-2-5-19-20-13-15/h2,5,13,16H,3-4,6-12,14H2,1H3/t16-/m1/s1. The summed E-state index contributed by atoms with van der Waals surface area (Å²) in [5.74, 6) is 0.0540. The topological polar surface area (TPSA) is 61.8 Å². The van der Waals surface area contributed by atoms with E-state index in [1.165, 1.54) is 0 Å². The van der Waals surface area contributed by atoms with E-state index in [1.54, 1.807) is 18.5 Å². The van der Waals surface area contributed by atoms with E-state index in [0.717, 1.165) is 65.1 Å². The van der Waals surface area contributed by atoms with Crippen molar-refractivity contribution >= 4 is 5.91 Å². The van der Waals surface area contributed by atoms with Crippen LogP contribution in [0.25, 0.3) is 0 Å². The van der Waals surface area contributed by atoms with Gasteiger partial charge in [-0.1, -0.05) is 0 Å². The van der Waals surface area contributed by atoms with Gasteiger partial charge in [-0.2, -0.15) is 10.2 Å². The predicted molar refractivity (Wildman–Crippen MR) is 93.3 cm³/mol. The summed E-state index contributed by atoms with van der Waals surface area (Å²) in [6.07, 6.45) is 6.08. The molecule has 7 heteroatoms. The number of carbonyl (C=O) groups excluding carboxylic acids is 1. The number of ether oxygens (including phenoxy) is 1. The maximum atomic E-state index is 12.5. The van der Waals surface area contributed by atoms with Crippen molar-refractivity contribution in [3.8, 4) is 0 Å². The number of piperazine rings is 1. The molecule has 3 aliphatic rings. The van der Waals surface area contributed by atoms with Crippen LogP contribution in [0.5, 0.6) is 0 Å². The van der Waals surface area contributed by atoms with Crippen LogP contribution in [0.2, 0.25) is 0 Å². The van der Waals surface area contributed by atoms with E-state index in [1.807, 2.05) is 4.90 Å². The van der Waals surface area contributed by atoms with Gasteiger partial charge in [0, 0.05) is 45.3 Å². The molecule has 3 aliphatic heterocycles. The normalized spacial score (nSPS) is 27.7. The minimum absolute atomic E-state index is 0.0265. The van der Waals surface area contributed by atoms with Gasteiger partial charge in [-0.15, -0.1) is 0 Å². The van der Waals surface area contributed by atoms with Crippen LogP contribution in [0, 0.1) is 0 Å². The van der Waals surface area contributed by atoms with E-state index in [4.69, 9.17) is 4.74 Å². The van der Waals surface area contributed by atoms with Gasteiger partial charge >= 0.3 is 0 Å². The van der Waals surface area contributed by atoms with E-state index >= 15 is 0 Å². The average Bonchev–Trinajstić information content (AvgIpc) is 3.07. The van der Waals surface area contributed by atoms with Crippen molar-refractivity contribution in [1.82, 2.24) is 24.9 Å². The first-order valence-electron chi connectivity index (χ1n) is 9.28. The molecule has 0 radical (unpaired) electrons. The number of likely N-dealkylation sites (N-methyl/N-ethyl adjacent to an activating group) is 1. The molecule has 1 atom stereocenters. The highest BCUT2D eigenvalue weighted by Crippen LogP contribution is 2.38. The molecule has 4 rings (SSSR count). The van der Waals surface area contributed by atoms with Gasteiger partial charge in [0.1, 0.15) is 0 Å². The molecule has 0 aromatic carbocycles. The van der Waals surface area contributed by atoms with Crippen LogP contribution in [-0.4, -0.2) is 95.4 Å². The molecule has 1 aromatic rings. The molecule has 0 bridgehead atoms. The molecule has 0 N–H and O–H groups in total. The van der Waals surface area contributed by atoms with Crippen LogP contribution in [0.15, 0.2) is 18.5 Å². The van der Waals surface area contributed by atoms with Crippen LogP contribution in [0.3, 0.4) is 0 Å². The Hall–Kier alpha value is -1.57. The van der Waals surface area contributed by atoms with Gasteiger partial charge in [0.15, 0.2) is 0 Å². The van der Waals surface area contributed by atoms with Crippen molar-refractivity contribution in [3.05, 3.63) is 24.0 Å². The number of aromatic nitrogens is 2. The minimum atomic E-state index is -0.0265. The minimum Gasteiger partial charge on any atom is -0.373 e. The van der Waals surface area contributed by atoms with Gasteiger partial charge in [-0.25, -0.2) is 0 Å². The largest absolute Gasteiger partial charge is 0.373 e. The van der Waals surface area contributed by atoms with Crippen LogP contribution < -0.4 is 0 Å². The zero-order valence-corrected chi connectivity index (χ0v) is 14.9. The molecule has 0 saturated carbocycles. The summed E-state index contributed by atoms with van der Waals surface area (Å²) >= 11 is 0. The fraction of sp³-hybridized carbons (Fsp3) is 0.722. The molecule has 1 spiro atoms. The molecule has 3 saturated heterocycles. The third-order valence-electron chi connectivity index (χ3n) is 6.04. The summed E-state index contributed by atoms with van der Waals surface area (Å²) in [6.45, 7) is 6.93. The first kappa shape index (κ1) is 16.9. The number of amides is 1. The fourth-order valence-corrected chi connectivity index (χ4v) is 4.31. The number of rotatable bonds is 2. The lowest BCUT2D eigenvalue weighted by atomic mass is 9.86. The summed E-state index contributed by atoms with van der Waals surface area (Å²) in [5, 5.41) is 7.55. The molecule has 4 heterocycles. The molecule has 1 amide bonds. The van der Waals surface area contributed by atoms with E-state index < -0.39 is 0 Å². The van der Waals surface area contributed by atoms with Crippen LogP contribution in [-0.2, 0) is 4.74 Å². The highest BCUT2D eigenvalue weighted by Gasteiger charge is 2.45. The molecule has 136 valence electrons. The van der Waals surface area contributed by atoms with Gasteiger partial charge in [0.2, 0.25) is 0 Å². The number of carbonyl (C=O) groups is 1. The van der Waals surface area contributed by atoms with Gasteiger partial charge in [0.25, 0.3) is 5.91 Å². The van der Waals surface area contributed by atoms with E-state index in [0.29, 0.717) is 11.6 Å². The second kappa shape index (κ2) is 6.97. The molecule has 3 fully saturated rings. The first-order chi connectivity index (χ1) is 12.2. The van der Waals surface area contributed by atoms with Crippen molar-refractivity contribution in [1.29, 1.82) is 0 Å². The summed E-state index contributed by atoms with van der Waals surface area (Å²) < 4.78 is 6.29. The van der Waals surface area contributed by atoms with Crippen molar-refractivity contribution < 1.29 is 9.53 Å². The highest BCUT2D eigenvalue weighted by atomic mass is 16.5. The van der Waals surface area contributed by atoms with E-state index in [-0.39, 0.29) is 11.5 Å². The summed E-state index contributed by atoms with van der Waals surface area (Å²) in [7, 11) is 2.19. The molecular formula is C18H27N5O2. The second-order valence-corrected chi connectivity index (χ2v) is 7.61. The molecular weight excluding hydrogens is 318 g/mol. The molecule has 7 nitrogen and oxygen atoms in total. The fourth-order valence-electron chi connectivity index (χ4n) is 4.31. The third-order valence-corrected chi connectivity index (χ3v) is 6.04. The van der Waals surface area contributed by atoms with E-state index in [9.17, 15) is 4.79 Å². The molecule has 0 unspecified atom stereocenters. The number of likely N-dealkylation sites (tertiary alicyclic amines) is 1. The van der Waals surface area contributed by atoms with Crippen LogP contribution in [0.1, 0.15) is 29.6 Å². The van der Waals surface area contributed by atoms with Gasteiger partial charge in [-0.05, 0) is 32.4 Å². The van der Waals surface area contributed by atoms with Crippen molar-refractivity contribution in [2.75, 3.05) is 52.9 Å². The molecule has 25 heavy (non-hydrogen) atoms. The summed E-state index contributed by atoms with van der Waals surface area (Å²) in [4.78, 5) is 19.5. The monoisotopic (exact) mass is 345 g/mol. The molecule has 0 aliphatic carbocycles. The lowest BCUT2D eigenvalue weighted by Crippen LogP contribution is -2.50. The Kier molecular flexibility index (Phi) is 4.71. The Morgan fingerprint density at radius 3 is 2.60 bits per heavy atom. The summed E-state index contributed by atoms with van der Waals surface area (Å²) in [6, 6.07) is 2.27. The Bertz CT molecular complexity index is 595. The number of nitrogens with zero attached hydrogens (tertiary/aromatic N) is 5. The zero-order valence-electron chi connectivity index (χ0n) is 14.9. The number of hydrogen-bond acceptors (Lipinski definition) is 6. The van der Waals surface area contributed by atoms with Crippen LogP contribution in [0.4, 0.5) is 0 Å². The molecule has 1 aromatic heterocycles. The number of hydrogen-bond donors (Lipinski definition) is 0. The zero-order chi connectivity index (χ0) is 17.3. The summed E-state index contributed by atoms with van der Waals surface area (Å²) in [5.41, 5.74) is 0.593. The maximum absolute atomic E-state index is 12.5. The first-order valence-corrected chi connectivity index (χ1v) is 9.28. The van der Waals surface area contributed by atoms with Crippen LogP contribution >= 0.6 is 0 Å². The van der Waals surface area contributed by atoms with Crippen molar-refractivity contribution in [2.45, 2.75) is 30.9 Å². The average molecular weight is 345 g/mol. The quantitative estimate of drug-likeness (QED) is 0.777. The number of piperidine rings is 1. The lowest BCUT2D eigenvalue weighted by Gasteiger charge is -2.40. The Balaban J connectivity index is 1.32. The predicted octanol–water partition coefficient (Wildman–Crippen LogP) is 0.488. The third kappa shape index (κ3) is 3.54. The maximum Gasteiger partial charge on any atom is 0.255 e. The van der Waals surface area contributed by atoms with E-state index in [2.05, 4.69) is 27.0 Å². The highest BCUT2D eigenvalue weighted by molar-refractivity contribution is 5.93. The second-order valence-electron chi connectivity index (χ2n) is 7.61. The van der Waals surface area contributed by atoms with Gasteiger partial charge in [-0.3, -0.25) is 9.69 Å². The Labute approximate surface area is 148 Å². The smallest absolute Gasteiger partial charge is 0.255 e. The van der Waals surface area contributed by atoms with Gasteiger partial charge in [0.05, 0.1) is 30.2 Å². The Morgan fingerprint density at radius 2 is 1.92 bits per heavy atom. The lowest BCUT2D eigenvalue weighted by molar-refractivity contribution is -0.0395. The van der Waals surface area contributed by atoms with Gasteiger partial charge < -0.3 is 14.5 Å². The van der Waals surface area contributed by atoms with Crippen molar-refractivity contribution in [2.24, 2.45) is 0 Å². The SMILES string of the molecule is CN1CCN([C@H]2COC3(CCN(C(=O)c4ccnnc4)CC3)C2)CC1.